The topological polar surface area (TPSA) is 71.1 Å². The number of hydrogen-bond acceptors (Lipinski definition) is 4. The molecule has 4 rings (SSSR count). The molecule has 1 aliphatic rings. The summed E-state index contributed by atoms with van der Waals surface area (Å²) in [7, 11) is 0. The van der Waals surface area contributed by atoms with E-state index in [1.165, 1.54) is 0 Å². The summed E-state index contributed by atoms with van der Waals surface area (Å²) in [4.78, 5) is 19.7. The van der Waals surface area contributed by atoms with E-state index in [0.717, 1.165) is 48.2 Å². The van der Waals surface area contributed by atoms with Crippen molar-refractivity contribution < 1.29 is 9.53 Å². The molecule has 1 N–H and O–H groups in total. The average molecular weight is 390 g/mol. The molecule has 0 radical (unpaired) electrons. The largest absolute Gasteiger partial charge is 0.493 e. The standard InChI is InChI=1S/C23H26N4O2/c1-3-29-21-10-5-4-8-18(21)23(28)27-13-7-6-9-20(27)22-19(15-25-26-22)17-11-12-24-14-16(17)2/h4-5,8,10-12,14-15,20H,3,6-7,9,13H2,1-2H3,(H,25,26)/t20-/m1/s1. The van der Waals surface area contributed by atoms with E-state index in [9.17, 15) is 4.79 Å². The van der Waals surface area contributed by atoms with E-state index in [-0.39, 0.29) is 11.9 Å². The Morgan fingerprint density at radius 3 is 2.90 bits per heavy atom. The fraction of sp³-hybridized carbons (Fsp3) is 0.348. The molecule has 1 aromatic carbocycles. The predicted molar refractivity (Wildman–Crippen MR) is 112 cm³/mol. The Kier molecular flexibility index (Phi) is 5.60. The monoisotopic (exact) mass is 390 g/mol. The first kappa shape index (κ1) is 19.2. The third kappa shape index (κ3) is 3.75. The lowest BCUT2D eigenvalue weighted by atomic mass is 9.93. The molecular weight excluding hydrogens is 364 g/mol. The minimum absolute atomic E-state index is 0.00532. The van der Waals surface area contributed by atoms with Crippen molar-refractivity contribution in [2.45, 2.75) is 39.2 Å². The molecular formula is C23H26N4O2. The zero-order chi connectivity index (χ0) is 20.2. The van der Waals surface area contributed by atoms with Gasteiger partial charge in [-0.05, 0) is 62.4 Å². The van der Waals surface area contributed by atoms with E-state index in [1.54, 1.807) is 6.20 Å². The molecule has 1 amide bonds. The summed E-state index contributed by atoms with van der Waals surface area (Å²) in [5.41, 5.74) is 4.82. The van der Waals surface area contributed by atoms with Gasteiger partial charge >= 0.3 is 0 Å². The van der Waals surface area contributed by atoms with Crippen molar-refractivity contribution >= 4 is 5.91 Å². The molecule has 0 aliphatic carbocycles. The van der Waals surface area contributed by atoms with Crippen molar-refractivity contribution in [3.05, 3.63) is 65.7 Å². The molecule has 6 heteroatoms. The maximum absolute atomic E-state index is 13.5. The number of piperidine rings is 1. The van der Waals surface area contributed by atoms with Crippen LogP contribution in [0.5, 0.6) is 5.75 Å². The molecule has 3 aromatic rings. The highest BCUT2D eigenvalue weighted by Gasteiger charge is 2.32. The number of H-pyrrole nitrogens is 1. The molecule has 29 heavy (non-hydrogen) atoms. The molecule has 0 spiro atoms. The number of benzene rings is 1. The summed E-state index contributed by atoms with van der Waals surface area (Å²) < 4.78 is 5.71. The van der Waals surface area contributed by atoms with E-state index in [0.29, 0.717) is 17.9 Å². The second-order valence-corrected chi connectivity index (χ2v) is 7.33. The molecule has 150 valence electrons. The van der Waals surface area contributed by atoms with Crippen molar-refractivity contribution in [3.63, 3.8) is 0 Å². The van der Waals surface area contributed by atoms with Gasteiger partial charge in [-0.25, -0.2) is 0 Å². The molecule has 2 aromatic heterocycles. The highest BCUT2D eigenvalue weighted by Crippen LogP contribution is 2.37. The SMILES string of the molecule is CCOc1ccccc1C(=O)N1CCCC[C@@H]1c1[nH]ncc1-c1ccncc1C. The summed E-state index contributed by atoms with van der Waals surface area (Å²) >= 11 is 0. The number of amides is 1. The Labute approximate surface area is 170 Å². The van der Waals surface area contributed by atoms with Crippen LogP contribution in [-0.4, -0.2) is 39.1 Å². The fourth-order valence-corrected chi connectivity index (χ4v) is 4.09. The summed E-state index contributed by atoms with van der Waals surface area (Å²) in [5, 5.41) is 7.50. The van der Waals surface area contributed by atoms with E-state index in [4.69, 9.17) is 4.74 Å². The number of para-hydroxylation sites is 1. The van der Waals surface area contributed by atoms with Crippen LogP contribution in [0.15, 0.2) is 48.9 Å². The lowest BCUT2D eigenvalue weighted by molar-refractivity contribution is 0.0602. The summed E-state index contributed by atoms with van der Waals surface area (Å²) in [6.45, 7) is 5.22. The average Bonchev–Trinajstić information content (AvgIpc) is 3.24. The zero-order valence-corrected chi connectivity index (χ0v) is 16.9. The van der Waals surface area contributed by atoms with Crippen LogP contribution in [0.1, 0.15) is 53.8 Å². The van der Waals surface area contributed by atoms with Gasteiger partial charge in [-0.2, -0.15) is 5.10 Å². The van der Waals surface area contributed by atoms with Gasteiger partial charge in [-0.1, -0.05) is 12.1 Å². The first-order chi connectivity index (χ1) is 14.2. The lowest BCUT2D eigenvalue weighted by Crippen LogP contribution is -2.39. The Morgan fingerprint density at radius 2 is 2.07 bits per heavy atom. The van der Waals surface area contributed by atoms with Gasteiger partial charge in [-0.15, -0.1) is 0 Å². The normalized spacial score (nSPS) is 16.6. The first-order valence-electron chi connectivity index (χ1n) is 10.2. The summed E-state index contributed by atoms with van der Waals surface area (Å²) in [6.07, 6.45) is 8.48. The Hall–Kier alpha value is -3.15. The van der Waals surface area contributed by atoms with E-state index >= 15 is 0 Å². The van der Waals surface area contributed by atoms with E-state index in [2.05, 4.69) is 15.2 Å². The van der Waals surface area contributed by atoms with Crippen molar-refractivity contribution in [3.8, 4) is 16.9 Å². The number of aromatic nitrogens is 3. The van der Waals surface area contributed by atoms with Gasteiger partial charge in [0.25, 0.3) is 5.91 Å². The predicted octanol–water partition coefficient (Wildman–Crippen LogP) is 4.55. The highest BCUT2D eigenvalue weighted by atomic mass is 16.5. The van der Waals surface area contributed by atoms with Crippen molar-refractivity contribution in [2.24, 2.45) is 0 Å². The Bertz CT molecular complexity index is 998. The first-order valence-corrected chi connectivity index (χ1v) is 10.2. The van der Waals surface area contributed by atoms with Crippen LogP contribution in [0, 0.1) is 6.92 Å². The third-order valence-corrected chi connectivity index (χ3v) is 5.49. The van der Waals surface area contributed by atoms with Crippen LogP contribution in [0.4, 0.5) is 0 Å². The highest BCUT2D eigenvalue weighted by molar-refractivity contribution is 5.97. The van der Waals surface area contributed by atoms with Crippen LogP contribution in [0.2, 0.25) is 0 Å². The molecule has 6 nitrogen and oxygen atoms in total. The van der Waals surface area contributed by atoms with Gasteiger partial charge in [0.05, 0.1) is 30.1 Å². The van der Waals surface area contributed by atoms with Crippen LogP contribution in [0.3, 0.4) is 0 Å². The van der Waals surface area contributed by atoms with Crippen molar-refractivity contribution in [1.29, 1.82) is 0 Å². The smallest absolute Gasteiger partial charge is 0.258 e. The second kappa shape index (κ2) is 8.47. The number of nitrogens with zero attached hydrogens (tertiary/aromatic N) is 3. The summed E-state index contributed by atoms with van der Waals surface area (Å²) in [6, 6.07) is 9.45. The number of aryl methyl sites for hydroxylation is 1. The van der Waals surface area contributed by atoms with Crippen LogP contribution in [-0.2, 0) is 0 Å². The van der Waals surface area contributed by atoms with Gasteiger partial charge in [0, 0.05) is 24.5 Å². The number of pyridine rings is 1. The van der Waals surface area contributed by atoms with E-state index in [1.807, 2.05) is 61.5 Å². The Morgan fingerprint density at radius 1 is 1.21 bits per heavy atom. The molecule has 1 aliphatic heterocycles. The van der Waals surface area contributed by atoms with Crippen LogP contribution in [0.25, 0.3) is 11.1 Å². The Balaban J connectivity index is 1.71. The number of nitrogens with one attached hydrogen (secondary N) is 1. The molecule has 1 atom stereocenters. The molecule has 1 fully saturated rings. The number of hydrogen-bond donors (Lipinski definition) is 1. The molecule has 0 unspecified atom stereocenters. The molecule has 3 heterocycles. The second-order valence-electron chi connectivity index (χ2n) is 7.33. The van der Waals surface area contributed by atoms with E-state index < -0.39 is 0 Å². The van der Waals surface area contributed by atoms with Gasteiger partial charge in [0.15, 0.2) is 0 Å². The molecule has 1 saturated heterocycles. The fourth-order valence-electron chi connectivity index (χ4n) is 4.09. The van der Waals surface area contributed by atoms with Crippen molar-refractivity contribution in [2.75, 3.05) is 13.2 Å². The number of aromatic amines is 1. The number of likely N-dealkylation sites (tertiary alicyclic amines) is 1. The number of rotatable bonds is 5. The maximum atomic E-state index is 13.5. The maximum Gasteiger partial charge on any atom is 0.258 e. The quantitative estimate of drug-likeness (QED) is 0.694. The number of carbonyl (C=O) groups is 1. The third-order valence-electron chi connectivity index (χ3n) is 5.49. The lowest BCUT2D eigenvalue weighted by Gasteiger charge is -2.36. The summed E-state index contributed by atoms with van der Waals surface area (Å²) in [5.74, 6) is 0.643. The number of carbonyl (C=O) groups excluding carboxylic acids is 1. The van der Waals surface area contributed by atoms with Crippen molar-refractivity contribution in [1.82, 2.24) is 20.1 Å². The van der Waals surface area contributed by atoms with Crippen LogP contribution < -0.4 is 4.74 Å². The van der Waals surface area contributed by atoms with Gasteiger partial charge in [-0.3, -0.25) is 14.9 Å². The van der Waals surface area contributed by atoms with Gasteiger partial charge < -0.3 is 9.64 Å². The van der Waals surface area contributed by atoms with Gasteiger partial charge in [0.1, 0.15) is 5.75 Å². The zero-order valence-electron chi connectivity index (χ0n) is 16.9. The van der Waals surface area contributed by atoms with Gasteiger partial charge in [0.2, 0.25) is 0 Å². The minimum Gasteiger partial charge on any atom is -0.493 e. The minimum atomic E-state index is -0.0454. The van der Waals surface area contributed by atoms with Crippen LogP contribution >= 0.6 is 0 Å². The number of ether oxygens (including phenoxy) is 1. The molecule has 0 bridgehead atoms. The molecule has 0 saturated carbocycles.